The van der Waals surface area contributed by atoms with Crippen LogP contribution in [-0.2, 0) is 4.79 Å². The van der Waals surface area contributed by atoms with E-state index >= 15 is 0 Å². The third-order valence-electron chi connectivity index (χ3n) is 4.39. The molecule has 23 heavy (non-hydrogen) atoms. The number of carbonyl (C=O) groups excluding carboxylic acids is 1. The van der Waals surface area contributed by atoms with Crippen LogP contribution < -0.4 is 10.2 Å². The topological polar surface area (TPSA) is 58.1 Å². The molecule has 3 rings (SSSR count). The van der Waals surface area contributed by atoms with Crippen molar-refractivity contribution in [3.63, 3.8) is 0 Å². The molecule has 0 radical (unpaired) electrons. The molecule has 2 heterocycles. The van der Waals surface area contributed by atoms with Gasteiger partial charge in [-0.2, -0.15) is 0 Å². The highest BCUT2D eigenvalue weighted by atomic mass is 16.2. The third-order valence-corrected chi connectivity index (χ3v) is 4.39. The van der Waals surface area contributed by atoms with E-state index in [-0.39, 0.29) is 5.91 Å². The molecule has 1 amide bonds. The maximum absolute atomic E-state index is 12.8. The van der Waals surface area contributed by atoms with Crippen LogP contribution in [-0.4, -0.2) is 29.0 Å². The predicted molar refractivity (Wildman–Crippen MR) is 91.4 cm³/mol. The van der Waals surface area contributed by atoms with Crippen molar-refractivity contribution in [1.82, 2.24) is 9.97 Å². The lowest BCUT2D eigenvalue weighted by Gasteiger charge is -2.39. The van der Waals surface area contributed by atoms with Crippen molar-refractivity contribution in [2.24, 2.45) is 5.41 Å². The number of hydrogen-bond acceptors (Lipinski definition) is 4. The lowest BCUT2D eigenvalue weighted by atomic mass is 9.81. The number of para-hydroxylation sites is 1. The smallest absolute Gasteiger partial charge is 0.232 e. The van der Waals surface area contributed by atoms with E-state index in [0.29, 0.717) is 6.54 Å². The maximum atomic E-state index is 12.8. The fraction of sp³-hybridized carbons (Fsp3) is 0.389. The number of amides is 1. The largest absolute Gasteiger partial charge is 0.355 e. The first-order valence-corrected chi connectivity index (χ1v) is 7.97. The molecule has 1 aliphatic rings. The minimum Gasteiger partial charge on any atom is -0.355 e. The molecule has 0 bridgehead atoms. The number of hydrogen-bond donors (Lipinski definition) is 1. The van der Waals surface area contributed by atoms with Crippen molar-refractivity contribution in [1.29, 1.82) is 0 Å². The summed E-state index contributed by atoms with van der Waals surface area (Å²) in [5, 5.41) is 3.04. The monoisotopic (exact) mass is 310 g/mol. The van der Waals surface area contributed by atoms with Crippen molar-refractivity contribution < 1.29 is 4.79 Å². The third kappa shape index (κ3) is 3.50. The van der Waals surface area contributed by atoms with Gasteiger partial charge < -0.3 is 10.2 Å². The average molecular weight is 310 g/mol. The molecule has 1 aromatic heterocycles. The lowest BCUT2D eigenvalue weighted by molar-refractivity contribution is -0.125. The van der Waals surface area contributed by atoms with Crippen LogP contribution in [0.4, 0.5) is 11.5 Å². The van der Waals surface area contributed by atoms with Gasteiger partial charge in [0.25, 0.3) is 0 Å². The minimum atomic E-state index is -0.424. The Labute approximate surface area is 136 Å². The number of anilines is 2. The summed E-state index contributed by atoms with van der Waals surface area (Å²) in [5.74, 6) is 0.968. The number of aryl methyl sites for hydroxylation is 1. The van der Waals surface area contributed by atoms with Gasteiger partial charge in [-0.1, -0.05) is 18.2 Å². The lowest BCUT2D eigenvalue weighted by Crippen LogP contribution is -2.48. The van der Waals surface area contributed by atoms with E-state index in [1.807, 2.05) is 50.2 Å². The Hall–Kier alpha value is -2.43. The first-order chi connectivity index (χ1) is 11.1. The molecule has 1 saturated heterocycles. The molecule has 1 aromatic carbocycles. The fourth-order valence-electron chi connectivity index (χ4n) is 3.04. The Morgan fingerprint density at radius 3 is 2.78 bits per heavy atom. The summed E-state index contributed by atoms with van der Waals surface area (Å²) >= 11 is 0. The predicted octanol–water partition coefficient (Wildman–Crippen LogP) is 3.03. The van der Waals surface area contributed by atoms with Crippen LogP contribution in [0.1, 0.15) is 25.5 Å². The molecule has 0 aliphatic carbocycles. The Morgan fingerprint density at radius 1 is 1.26 bits per heavy atom. The van der Waals surface area contributed by atoms with Crippen molar-refractivity contribution in [3.8, 4) is 0 Å². The summed E-state index contributed by atoms with van der Waals surface area (Å²) in [6.07, 6.45) is 3.44. The first-order valence-electron chi connectivity index (χ1n) is 7.97. The van der Waals surface area contributed by atoms with Gasteiger partial charge in [-0.25, -0.2) is 9.97 Å². The standard InChI is InChI=1S/C18H22N4O/c1-14-11-16(20-13-19-14)22-10-6-9-18(2,12-22)17(23)21-15-7-4-3-5-8-15/h3-5,7-8,11,13H,6,9-10,12H2,1-2H3,(H,21,23)/t18-/m0/s1. The van der Waals surface area contributed by atoms with E-state index in [1.165, 1.54) is 0 Å². The summed E-state index contributed by atoms with van der Waals surface area (Å²) in [7, 11) is 0. The van der Waals surface area contributed by atoms with E-state index in [1.54, 1.807) is 6.33 Å². The van der Waals surface area contributed by atoms with Gasteiger partial charge in [0.05, 0.1) is 5.41 Å². The molecule has 5 heteroatoms. The van der Waals surface area contributed by atoms with Gasteiger partial charge >= 0.3 is 0 Å². The summed E-state index contributed by atoms with van der Waals surface area (Å²) in [4.78, 5) is 23.4. The molecular formula is C18H22N4O. The van der Waals surface area contributed by atoms with E-state index in [2.05, 4.69) is 20.2 Å². The second-order valence-corrected chi connectivity index (χ2v) is 6.42. The highest BCUT2D eigenvalue weighted by molar-refractivity contribution is 5.95. The van der Waals surface area contributed by atoms with Crippen molar-refractivity contribution in [3.05, 3.63) is 48.4 Å². The number of aromatic nitrogens is 2. The van der Waals surface area contributed by atoms with Crippen LogP contribution in [0, 0.1) is 12.3 Å². The number of rotatable bonds is 3. The van der Waals surface area contributed by atoms with Gasteiger partial charge in [-0.05, 0) is 38.8 Å². The molecule has 1 fully saturated rings. The van der Waals surface area contributed by atoms with Crippen LogP contribution in [0.5, 0.6) is 0 Å². The van der Waals surface area contributed by atoms with Crippen molar-refractivity contribution in [2.45, 2.75) is 26.7 Å². The molecule has 1 N–H and O–H groups in total. The number of piperidine rings is 1. The van der Waals surface area contributed by atoms with Crippen LogP contribution in [0.25, 0.3) is 0 Å². The number of carbonyl (C=O) groups is 1. The molecule has 0 unspecified atom stereocenters. The van der Waals surface area contributed by atoms with Crippen molar-refractivity contribution >= 4 is 17.4 Å². The Morgan fingerprint density at radius 2 is 2.04 bits per heavy atom. The summed E-state index contributed by atoms with van der Waals surface area (Å²) in [6, 6.07) is 11.6. The second kappa shape index (κ2) is 6.36. The summed E-state index contributed by atoms with van der Waals surface area (Å²) < 4.78 is 0. The minimum absolute atomic E-state index is 0.0687. The van der Waals surface area contributed by atoms with Crippen LogP contribution >= 0.6 is 0 Å². The van der Waals surface area contributed by atoms with Gasteiger partial charge in [0.1, 0.15) is 12.1 Å². The fourth-order valence-corrected chi connectivity index (χ4v) is 3.04. The zero-order chi connectivity index (χ0) is 16.3. The Bertz CT molecular complexity index is 688. The Balaban J connectivity index is 1.74. The number of nitrogens with one attached hydrogen (secondary N) is 1. The molecule has 120 valence electrons. The maximum Gasteiger partial charge on any atom is 0.232 e. The SMILES string of the molecule is Cc1cc(N2CCC[C@](C)(C(=O)Nc3ccccc3)C2)ncn1. The molecule has 1 atom stereocenters. The molecule has 0 spiro atoms. The normalized spacial score (nSPS) is 21.0. The molecule has 1 aliphatic heterocycles. The zero-order valence-electron chi connectivity index (χ0n) is 13.6. The number of benzene rings is 1. The van der Waals surface area contributed by atoms with E-state index in [9.17, 15) is 4.79 Å². The first kappa shape index (κ1) is 15.5. The van der Waals surface area contributed by atoms with E-state index in [4.69, 9.17) is 0 Å². The highest BCUT2D eigenvalue weighted by Crippen LogP contribution is 2.32. The zero-order valence-corrected chi connectivity index (χ0v) is 13.6. The average Bonchev–Trinajstić information content (AvgIpc) is 2.56. The summed E-state index contributed by atoms with van der Waals surface area (Å²) in [5.41, 5.74) is 1.36. The molecule has 0 saturated carbocycles. The molecule has 5 nitrogen and oxygen atoms in total. The quantitative estimate of drug-likeness (QED) is 0.946. The van der Waals surface area contributed by atoms with Crippen LogP contribution in [0.15, 0.2) is 42.7 Å². The van der Waals surface area contributed by atoms with Crippen molar-refractivity contribution in [2.75, 3.05) is 23.3 Å². The molecule has 2 aromatic rings. The molecular weight excluding hydrogens is 288 g/mol. The van der Waals surface area contributed by atoms with Gasteiger partial charge in [0, 0.05) is 30.5 Å². The highest BCUT2D eigenvalue weighted by Gasteiger charge is 2.38. The van der Waals surface area contributed by atoms with Gasteiger partial charge in [0.15, 0.2) is 0 Å². The second-order valence-electron chi connectivity index (χ2n) is 6.42. The van der Waals surface area contributed by atoms with E-state index < -0.39 is 5.41 Å². The van der Waals surface area contributed by atoms with Gasteiger partial charge in [-0.3, -0.25) is 4.79 Å². The van der Waals surface area contributed by atoms with E-state index in [0.717, 1.165) is 36.6 Å². The number of nitrogens with zero attached hydrogens (tertiary/aromatic N) is 3. The van der Waals surface area contributed by atoms with Gasteiger partial charge in [-0.15, -0.1) is 0 Å². The van der Waals surface area contributed by atoms with Gasteiger partial charge in [0.2, 0.25) is 5.91 Å². The summed E-state index contributed by atoms with van der Waals surface area (Å²) in [6.45, 7) is 5.58. The van der Waals surface area contributed by atoms with Crippen LogP contribution in [0.3, 0.4) is 0 Å². The Kier molecular flexibility index (Phi) is 4.28. The van der Waals surface area contributed by atoms with Crippen LogP contribution in [0.2, 0.25) is 0 Å².